The van der Waals surface area contributed by atoms with Crippen molar-refractivity contribution in [1.29, 1.82) is 0 Å². The van der Waals surface area contributed by atoms with Gasteiger partial charge in [0.2, 0.25) is 5.91 Å². The molecule has 5 heteroatoms. The minimum Gasteiger partial charge on any atom is -0.392 e. The molecule has 0 bridgehead atoms. The Balaban J connectivity index is 1.60. The molecule has 16 heavy (non-hydrogen) atoms. The summed E-state index contributed by atoms with van der Waals surface area (Å²) < 4.78 is 0. The normalized spacial score (nSPS) is 29.7. The van der Waals surface area contributed by atoms with E-state index in [1.807, 2.05) is 0 Å². The van der Waals surface area contributed by atoms with Crippen molar-refractivity contribution in [1.82, 2.24) is 15.5 Å². The van der Waals surface area contributed by atoms with Gasteiger partial charge in [0.05, 0.1) is 12.1 Å². The largest absolute Gasteiger partial charge is 0.392 e. The second kappa shape index (κ2) is 5.12. The summed E-state index contributed by atoms with van der Waals surface area (Å²) in [7, 11) is 2.10. The fourth-order valence-electron chi connectivity index (χ4n) is 2.09. The number of aliphatic hydroxyl groups excluding tert-OH is 1. The van der Waals surface area contributed by atoms with Crippen LogP contribution in [-0.4, -0.2) is 60.8 Å². The van der Waals surface area contributed by atoms with Crippen LogP contribution in [0.15, 0.2) is 0 Å². The summed E-state index contributed by atoms with van der Waals surface area (Å²) >= 11 is 0. The predicted octanol–water partition coefficient (Wildman–Crippen LogP) is -1.08. The highest BCUT2D eigenvalue weighted by Crippen LogP contribution is 2.24. The smallest absolute Gasteiger partial charge is 0.237 e. The summed E-state index contributed by atoms with van der Waals surface area (Å²) in [6.45, 7) is 2.13. The molecule has 0 radical (unpaired) electrons. The molecule has 2 rings (SSSR count). The Kier molecular flexibility index (Phi) is 3.78. The van der Waals surface area contributed by atoms with Crippen LogP contribution < -0.4 is 10.6 Å². The number of nitrogens with one attached hydrogen (secondary N) is 2. The molecule has 0 spiro atoms. The van der Waals surface area contributed by atoms with E-state index in [-0.39, 0.29) is 18.1 Å². The first-order valence-corrected chi connectivity index (χ1v) is 6.06. The molecule has 2 aliphatic rings. The SMILES string of the molecule is CN(CCNC(=O)C1CC(O)CN1)C1CC1. The van der Waals surface area contributed by atoms with Crippen molar-refractivity contribution in [2.24, 2.45) is 0 Å². The molecule has 1 saturated carbocycles. The molecule has 0 aromatic carbocycles. The van der Waals surface area contributed by atoms with E-state index in [1.54, 1.807) is 0 Å². The standard InChI is InChI=1S/C11H21N3O2/c1-14(8-2-3-8)5-4-12-11(16)10-6-9(15)7-13-10/h8-10,13,15H,2-7H2,1H3,(H,12,16). The summed E-state index contributed by atoms with van der Waals surface area (Å²) in [5.41, 5.74) is 0. The van der Waals surface area contributed by atoms with Crippen LogP contribution in [0.25, 0.3) is 0 Å². The maximum Gasteiger partial charge on any atom is 0.237 e. The van der Waals surface area contributed by atoms with Gasteiger partial charge in [-0.2, -0.15) is 0 Å². The van der Waals surface area contributed by atoms with Gasteiger partial charge >= 0.3 is 0 Å². The number of nitrogens with zero attached hydrogens (tertiary/aromatic N) is 1. The van der Waals surface area contributed by atoms with Crippen LogP contribution in [0.1, 0.15) is 19.3 Å². The Morgan fingerprint density at radius 2 is 2.31 bits per heavy atom. The molecule has 0 aromatic heterocycles. The number of aliphatic hydroxyl groups is 1. The lowest BCUT2D eigenvalue weighted by Crippen LogP contribution is -2.43. The van der Waals surface area contributed by atoms with Crippen molar-refractivity contribution < 1.29 is 9.90 Å². The summed E-state index contributed by atoms with van der Waals surface area (Å²) in [6.07, 6.45) is 2.75. The van der Waals surface area contributed by atoms with Crippen LogP contribution in [0.4, 0.5) is 0 Å². The zero-order valence-corrected chi connectivity index (χ0v) is 9.78. The van der Waals surface area contributed by atoms with Crippen molar-refractivity contribution in [3.8, 4) is 0 Å². The van der Waals surface area contributed by atoms with Crippen molar-refractivity contribution in [2.45, 2.75) is 37.5 Å². The van der Waals surface area contributed by atoms with Gasteiger partial charge < -0.3 is 20.6 Å². The first-order valence-electron chi connectivity index (χ1n) is 6.06. The summed E-state index contributed by atoms with van der Waals surface area (Å²) in [4.78, 5) is 13.9. The average Bonchev–Trinajstić information content (AvgIpc) is 3.01. The van der Waals surface area contributed by atoms with Gasteiger partial charge in [-0.15, -0.1) is 0 Å². The number of hydrogen-bond acceptors (Lipinski definition) is 4. The summed E-state index contributed by atoms with van der Waals surface area (Å²) in [5.74, 6) is 0.0146. The lowest BCUT2D eigenvalue weighted by Gasteiger charge is -2.17. The number of rotatable bonds is 5. The Morgan fingerprint density at radius 1 is 1.56 bits per heavy atom. The molecule has 2 unspecified atom stereocenters. The fraction of sp³-hybridized carbons (Fsp3) is 0.909. The maximum absolute atomic E-state index is 11.7. The van der Waals surface area contributed by atoms with Gasteiger partial charge in [0.1, 0.15) is 0 Å². The Bertz CT molecular complexity index is 256. The van der Waals surface area contributed by atoms with Crippen molar-refractivity contribution in [3.63, 3.8) is 0 Å². The van der Waals surface area contributed by atoms with E-state index in [2.05, 4.69) is 22.6 Å². The number of carbonyl (C=O) groups is 1. The van der Waals surface area contributed by atoms with Gasteiger partial charge in [-0.3, -0.25) is 4.79 Å². The van der Waals surface area contributed by atoms with Gasteiger partial charge in [0.25, 0.3) is 0 Å². The van der Waals surface area contributed by atoms with Gasteiger partial charge in [-0.1, -0.05) is 0 Å². The third-order valence-electron chi connectivity index (χ3n) is 3.36. The number of amides is 1. The van der Waals surface area contributed by atoms with E-state index >= 15 is 0 Å². The van der Waals surface area contributed by atoms with Gasteiger partial charge in [0.15, 0.2) is 0 Å². The minimum absolute atomic E-state index is 0.0146. The van der Waals surface area contributed by atoms with Crippen molar-refractivity contribution in [2.75, 3.05) is 26.7 Å². The maximum atomic E-state index is 11.7. The van der Waals surface area contributed by atoms with Crippen LogP contribution in [-0.2, 0) is 4.79 Å². The molecule has 5 nitrogen and oxygen atoms in total. The number of β-amino-alcohol motifs (C(OH)–C–C–N with tert-alkyl or cyclic N) is 1. The van der Waals surface area contributed by atoms with E-state index in [9.17, 15) is 9.90 Å². The summed E-state index contributed by atoms with van der Waals surface area (Å²) in [6, 6.07) is 0.532. The third-order valence-corrected chi connectivity index (χ3v) is 3.36. The number of likely N-dealkylation sites (N-methyl/N-ethyl adjacent to an activating group) is 1. The lowest BCUT2D eigenvalue weighted by molar-refractivity contribution is -0.122. The second-order valence-electron chi connectivity index (χ2n) is 4.85. The average molecular weight is 227 g/mol. The van der Waals surface area contributed by atoms with Crippen LogP contribution in [0.3, 0.4) is 0 Å². The molecule has 92 valence electrons. The second-order valence-corrected chi connectivity index (χ2v) is 4.85. The van der Waals surface area contributed by atoms with E-state index in [4.69, 9.17) is 0 Å². The monoisotopic (exact) mass is 227 g/mol. The predicted molar refractivity (Wildman–Crippen MR) is 61.1 cm³/mol. The van der Waals surface area contributed by atoms with Crippen LogP contribution in [0, 0.1) is 0 Å². The van der Waals surface area contributed by atoms with Crippen molar-refractivity contribution in [3.05, 3.63) is 0 Å². The topological polar surface area (TPSA) is 64.6 Å². The molecule has 1 heterocycles. The summed E-state index contributed by atoms with van der Waals surface area (Å²) in [5, 5.41) is 15.2. The van der Waals surface area contributed by atoms with E-state index in [0.717, 1.165) is 12.6 Å². The van der Waals surface area contributed by atoms with Gasteiger partial charge in [0, 0.05) is 25.7 Å². The van der Waals surface area contributed by atoms with E-state index in [1.165, 1.54) is 12.8 Å². The zero-order chi connectivity index (χ0) is 11.5. The first-order chi connectivity index (χ1) is 7.66. The highest BCUT2D eigenvalue weighted by atomic mass is 16.3. The molecule has 0 aromatic rings. The van der Waals surface area contributed by atoms with Crippen LogP contribution in [0.2, 0.25) is 0 Å². The van der Waals surface area contributed by atoms with Gasteiger partial charge in [-0.05, 0) is 26.3 Å². The number of carbonyl (C=O) groups excluding carboxylic acids is 1. The molecule has 1 aliphatic heterocycles. The lowest BCUT2D eigenvalue weighted by atomic mass is 10.2. The van der Waals surface area contributed by atoms with Gasteiger partial charge in [-0.25, -0.2) is 0 Å². The highest BCUT2D eigenvalue weighted by molar-refractivity contribution is 5.82. The quantitative estimate of drug-likeness (QED) is 0.559. The third kappa shape index (κ3) is 3.17. The highest BCUT2D eigenvalue weighted by Gasteiger charge is 2.28. The Morgan fingerprint density at radius 3 is 2.88 bits per heavy atom. The van der Waals surface area contributed by atoms with Crippen LogP contribution in [0.5, 0.6) is 0 Å². The van der Waals surface area contributed by atoms with Crippen LogP contribution >= 0.6 is 0 Å². The van der Waals surface area contributed by atoms with E-state index < -0.39 is 0 Å². The van der Waals surface area contributed by atoms with E-state index in [0.29, 0.717) is 19.5 Å². The molecular formula is C11H21N3O2. The molecule has 1 saturated heterocycles. The molecule has 1 amide bonds. The molecule has 2 fully saturated rings. The molecule has 1 aliphatic carbocycles. The molecular weight excluding hydrogens is 206 g/mol. The molecule has 2 atom stereocenters. The fourth-order valence-corrected chi connectivity index (χ4v) is 2.09. The molecule has 3 N–H and O–H groups in total. The number of hydrogen-bond donors (Lipinski definition) is 3. The minimum atomic E-state index is -0.370. The van der Waals surface area contributed by atoms with Crippen molar-refractivity contribution >= 4 is 5.91 Å². The zero-order valence-electron chi connectivity index (χ0n) is 9.78. The first kappa shape index (κ1) is 11.8. The Labute approximate surface area is 96.2 Å². The Hall–Kier alpha value is -0.650.